The van der Waals surface area contributed by atoms with Gasteiger partial charge in [-0.2, -0.15) is 0 Å². The van der Waals surface area contributed by atoms with Crippen LogP contribution in [0.4, 0.5) is 0 Å². The van der Waals surface area contributed by atoms with Gasteiger partial charge in [-0.05, 0) is 24.3 Å². The molecule has 0 amide bonds. The molecule has 11 nitrogen and oxygen atoms in total. The number of rotatable bonds is 7. The summed E-state index contributed by atoms with van der Waals surface area (Å²) in [7, 11) is 0. The Kier molecular flexibility index (Phi) is 7.97. The average molecular weight is 444 g/mol. The molecule has 31 heavy (non-hydrogen) atoms. The number of ketones is 1. The number of aliphatic hydroxyl groups excluding tert-OH is 6. The summed E-state index contributed by atoms with van der Waals surface area (Å²) in [6.45, 7) is 1.11. The molecule has 2 saturated heterocycles. The topological polar surface area (TPSA) is 175 Å². The van der Waals surface area contributed by atoms with Gasteiger partial charge in [0.2, 0.25) is 6.29 Å². The van der Waals surface area contributed by atoms with Crippen molar-refractivity contribution in [1.82, 2.24) is 0 Å². The lowest BCUT2D eigenvalue weighted by molar-refractivity contribution is -0.307. The minimum Gasteiger partial charge on any atom is -0.462 e. The summed E-state index contributed by atoms with van der Waals surface area (Å²) in [4.78, 5) is 11.7. The third-order valence-electron chi connectivity index (χ3n) is 5.30. The second-order valence-corrected chi connectivity index (χ2v) is 7.52. The molecule has 0 aliphatic carbocycles. The summed E-state index contributed by atoms with van der Waals surface area (Å²) in [6.07, 6.45) is -12.4. The number of carbonyl (C=O) groups excluding carboxylic acids is 1. The van der Waals surface area contributed by atoms with Crippen LogP contribution in [0.5, 0.6) is 5.75 Å². The van der Waals surface area contributed by atoms with E-state index in [0.29, 0.717) is 12.0 Å². The van der Waals surface area contributed by atoms with Crippen molar-refractivity contribution in [3.05, 3.63) is 29.8 Å². The first-order chi connectivity index (χ1) is 14.7. The average Bonchev–Trinajstić information content (AvgIpc) is 2.78. The monoisotopic (exact) mass is 444 g/mol. The van der Waals surface area contributed by atoms with Crippen LogP contribution < -0.4 is 4.74 Å². The van der Waals surface area contributed by atoms with Gasteiger partial charge in [-0.1, -0.05) is 6.92 Å². The summed E-state index contributed by atoms with van der Waals surface area (Å²) in [6, 6.07) is 6.15. The van der Waals surface area contributed by atoms with E-state index < -0.39 is 55.3 Å². The second-order valence-electron chi connectivity index (χ2n) is 7.52. The lowest BCUT2D eigenvalue weighted by Gasteiger charge is -2.41. The van der Waals surface area contributed by atoms with Crippen LogP contribution in [-0.2, 0) is 14.2 Å². The van der Waals surface area contributed by atoms with Crippen molar-refractivity contribution in [2.45, 2.75) is 68.7 Å². The molecule has 0 radical (unpaired) electrons. The van der Waals surface area contributed by atoms with Crippen LogP contribution >= 0.6 is 0 Å². The Morgan fingerprint density at radius 3 is 2.23 bits per heavy atom. The van der Waals surface area contributed by atoms with Crippen LogP contribution in [0, 0.1) is 0 Å². The third-order valence-corrected chi connectivity index (χ3v) is 5.30. The molecule has 6 N–H and O–H groups in total. The molecule has 2 aliphatic rings. The number of aliphatic hydroxyl groups is 6. The second kappa shape index (κ2) is 10.3. The van der Waals surface area contributed by atoms with Gasteiger partial charge in [0.25, 0.3) is 0 Å². The van der Waals surface area contributed by atoms with Crippen molar-refractivity contribution in [2.75, 3.05) is 13.2 Å². The fourth-order valence-corrected chi connectivity index (χ4v) is 3.32. The zero-order chi connectivity index (χ0) is 22.7. The minimum atomic E-state index is -1.61. The number of ether oxygens (including phenoxy) is 4. The molecule has 9 atom stereocenters. The molecular weight excluding hydrogens is 416 g/mol. The van der Waals surface area contributed by atoms with Crippen LogP contribution in [-0.4, -0.2) is 105 Å². The van der Waals surface area contributed by atoms with Gasteiger partial charge in [-0.15, -0.1) is 0 Å². The standard InChI is InChI=1S/C20H28O11/c1-2-11(21)9-3-5-10(6-4-9)30-20-18(27)16(25)15(24)13(31-20)8-29-19-17(26)14(23)12(22)7-28-19/h3-6,12-20,22-27H,2,7-8H2,1H3/t12-,13-,14+,15-,16+,17-,18-,19+,20-/m1/s1. The molecule has 2 heterocycles. The minimum absolute atomic E-state index is 0.0407. The van der Waals surface area contributed by atoms with E-state index in [1.165, 1.54) is 12.1 Å². The highest BCUT2D eigenvalue weighted by atomic mass is 16.7. The number of benzene rings is 1. The maximum absolute atomic E-state index is 11.7. The van der Waals surface area contributed by atoms with E-state index in [4.69, 9.17) is 18.9 Å². The van der Waals surface area contributed by atoms with E-state index >= 15 is 0 Å². The molecule has 1 aromatic carbocycles. The lowest BCUT2D eigenvalue weighted by atomic mass is 9.99. The maximum Gasteiger partial charge on any atom is 0.229 e. The number of Topliss-reactive ketones (excluding diaryl/α,β-unsaturated/α-hetero) is 1. The molecule has 0 spiro atoms. The first-order valence-corrected chi connectivity index (χ1v) is 10.00. The van der Waals surface area contributed by atoms with Crippen LogP contribution in [0.2, 0.25) is 0 Å². The van der Waals surface area contributed by atoms with Gasteiger partial charge < -0.3 is 49.6 Å². The van der Waals surface area contributed by atoms with E-state index in [1.54, 1.807) is 19.1 Å². The molecule has 0 saturated carbocycles. The zero-order valence-electron chi connectivity index (χ0n) is 16.9. The molecule has 0 bridgehead atoms. The molecule has 1 aromatic rings. The molecule has 174 valence electrons. The fraction of sp³-hybridized carbons (Fsp3) is 0.650. The largest absolute Gasteiger partial charge is 0.462 e. The normalized spacial score (nSPS) is 38.6. The van der Waals surface area contributed by atoms with Crippen LogP contribution in [0.3, 0.4) is 0 Å². The maximum atomic E-state index is 11.7. The summed E-state index contributed by atoms with van der Waals surface area (Å²) in [5.74, 6) is 0.226. The van der Waals surface area contributed by atoms with Crippen LogP contribution in [0.1, 0.15) is 23.7 Å². The zero-order valence-corrected chi connectivity index (χ0v) is 16.9. The third kappa shape index (κ3) is 5.40. The Hall–Kier alpha value is -1.67. The van der Waals surface area contributed by atoms with E-state index in [-0.39, 0.29) is 24.7 Å². The van der Waals surface area contributed by atoms with E-state index in [1.807, 2.05) is 0 Å². The Labute approximate surface area is 178 Å². The Balaban J connectivity index is 1.61. The van der Waals surface area contributed by atoms with Crippen LogP contribution in [0.25, 0.3) is 0 Å². The van der Waals surface area contributed by atoms with Gasteiger partial charge in [-0.25, -0.2) is 0 Å². The van der Waals surface area contributed by atoms with Gasteiger partial charge in [0.15, 0.2) is 12.1 Å². The van der Waals surface area contributed by atoms with Crippen molar-refractivity contribution in [3.8, 4) is 5.75 Å². The van der Waals surface area contributed by atoms with E-state index in [0.717, 1.165) is 0 Å². The van der Waals surface area contributed by atoms with Gasteiger partial charge in [0.05, 0.1) is 13.2 Å². The van der Waals surface area contributed by atoms with Gasteiger partial charge in [-0.3, -0.25) is 4.79 Å². The molecule has 2 fully saturated rings. The molecular formula is C20H28O11. The summed E-state index contributed by atoms with van der Waals surface area (Å²) in [5, 5.41) is 59.7. The van der Waals surface area contributed by atoms with Crippen molar-refractivity contribution in [2.24, 2.45) is 0 Å². The summed E-state index contributed by atoms with van der Waals surface area (Å²) >= 11 is 0. The SMILES string of the molecule is CCC(=O)c1ccc(O[C@@H]2O[C@H](CO[C@@H]3OC[C@@H](O)[C@H](O)[C@H]3O)[C@@H](O)[C@H](O)[C@H]2O)cc1. The molecule has 0 aromatic heterocycles. The van der Waals surface area contributed by atoms with Crippen LogP contribution in [0.15, 0.2) is 24.3 Å². The summed E-state index contributed by atoms with van der Waals surface area (Å²) in [5.41, 5.74) is 0.500. The first kappa shape index (κ1) is 24.0. The Morgan fingerprint density at radius 1 is 0.935 bits per heavy atom. The predicted octanol–water partition coefficient (Wildman–Crippen LogP) is -2.08. The van der Waals surface area contributed by atoms with Gasteiger partial charge in [0.1, 0.15) is 48.5 Å². The number of carbonyl (C=O) groups is 1. The molecule has 3 rings (SSSR count). The van der Waals surface area contributed by atoms with Crippen molar-refractivity contribution >= 4 is 5.78 Å². The molecule has 2 aliphatic heterocycles. The number of hydrogen-bond donors (Lipinski definition) is 6. The highest BCUT2D eigenvalue weighted by Crippen LogP contribution is 2.26. The quantitative estimate of drug-likeness (QED) is 0.255. The van der Waals surface area contributed by atoms with Crippen molar-refractivity contribution in [3.63, 3.8) is 0 Å². The van der Waals surface area contributed by atoms with Gasteiger partial charge >= 0.3 is 0 Å². The Morgan fingerprint density at radius 2 is 1.58 bits per heavy atom. The van der Waals surface area contributed by atoms with E-state index in [9.17, 15) is 35.4 Å². The number of hydrogen-bond acceptors (Lipinski definition) is 11. The highest BCUT2D eigenvalue weighted by molar-refractivity contribution is 5.95. The smallest absolute Gasteiger partial charge is 0.229 e. The first-order valence-electron chi connectivity index (χ1n) is 10.00. The van der Waals surface area contributed by atoms with E-state index in [2.05, 4.69) is 0 Å². The fourth-order valence-electron chi connectivity index (χ4n) is 3.32. The van der Waals surface area contributed by atoms with Crippen molar-refractivity contribution < 1.29 is 54.4 Å². The van der Waals surface area contributed by atoms with Crippen molar-refractivity contribution in [1.29, 1.82) is 0 Å². The lowest BCUT2D eigenvalue weighted by Crippen LogP contribution is -2.61. The predicted molar refractivity (Wildman–Crippen MR) is 102 cm³/mol. The highest BCUT2D eigenvalue weighted by Gasteiger charge is 2.46. The summed E-state index contributed by atoms with van der Waals surface area (Å²) < 4.78 is 21.6. The Bertz CT molecular complexity index is 726. The molecule has 11 heteroatoms. The molecule has 0 unspecified atom stereocenters. The van der Waals surface area contributed by atoms with Gasteiger partial charge in [0, 0.05) is 12.0 Å².